The molecule has 1 heterocycles. The molecule has 0 atom stereocenters. The minimum Gasteiger partial charge on any atom is -0.370 e. The van der Waals surface area contributed by atoms with E-state index >= 15 is 0 Å². The van der Waals surface area contributed by atoms with Gasteiger partial charge in [-0.3, -0.25) is 4.98 Å². The van der Waals surface area contributed by atoms with Crippen LogP contribution in [0.25, 0.3) is 0 Å². The molecule has 4 heteroatoms. The summed E-state index contributed by atoms with van der Waals surface area (Å²) in [6, 6.07) is 3.54. The van der Waals surface area contributed by atoms with E-state index in [1.54, 1.807) is 24.5 Å². The quantitative estimate of drug-likeness (QED) is 0.730. The standard InChI is InChI=1S/C10H13F2NO/c1-2-10(11,12)8-14-7-9-4-3-5-13-6-9/h3-6H,2,7-8H2,1H3. The maximum atomic E-state index is 12.7. The lowest BCUT2D eigenvalue weighted by Gasteiger charge is -2.13. The second-order valence-corrected chi connectivity index (χ2v) is 3.06. The summed E-state index contributed by atoms with van der Waals surface area (Å²) >= 11 is 0. The Hall–Kier alpha value is -1.03. The number of ether oxygens (including phenoxy) is 1. The summed E-state index contributed by atoms with van der Waals surface area (Å²) < 4.78 is 30.3. The molecule has 2 nitrogen and oxygen atoms in total. The van der Waals surface area contributed by atoms with E-state index in [9.17, 15) is 8.78 Å². The maximum Gasteiger partial charge on any atom is 0.270 e. The second-order valence-electron chi connectivity index (χ2n) is 3.06. The first-order valence-electron chi connectivity index (χ1n) is 4.48. The lowest BCUT2D eigenvalue weighted by molar-refractivity contribution is -0.0835. The zero-order valence-electron chi connectivity index (χ0n) is 8.04. The van der Waals surface area contributed by atoms with Crippen LogP contribution in [0.2, 0.25) is 0 Å². The molecule has 0 N–H and O–H groups in total. The summed E-state index contributed by atoms with van der Waals surface area (Å²) in [4.78, 5) is 3.85. The molecule has 0 radical (unpaired) electrons. The van der Waals surface area contributed by atoms with Crippen LogP contribution in [0.5, 0.6) is 0 Å². The molecule has 78 valence electrons. The van der Waals surface area contributed by atoms with Gasteiger partial charge in [-0.25, -0.2) is 8.78 Å². The largest absolute Gasteiger partial charge is 0.370 e. The van der Waals surface area contributed by atoms with Gasteiger partial charge in [0.1, 0.15) is 6.61 Å². The minimum absolute atomic E-state index is 0.184. The predicted molar refractivity (Wildman–Crippen MR) is 49.1 cm³/mol. The lowest BCUT2D eigenvalue weighted by atomic mass is 10.3. The van der Waals surface area contributed by atoms with Crippen LogP contribution >= 0.6 is 0 Å². The number of hydrogen-bond acceptors (Lipinski definition) is 2. The zero-order valence-corrected chi connectivity index (χ0v) is 8.04. The molecule has 0 saturated carbocycles. The third-order valence-electron chi connectivity index (χ3n) is 1.82. The van der Waals surface area contributed by atoms with Gasteiger partial charge in [-0.1, -0.05) is 13.0 Å². The molecule has 0 spiro atoms. The molecule has 1 aromatic heterocycles. The molecule has 0 aromatic carbocycles. The highest BCUT2D eigenvalue weighted by Gasteiger charge is 2.26. The predicted octanol–water partition coefficient (Wildman–Crippen LogP) is 2.64. The summed E-state index contributed by atoms with van der Waals surface area (Å²) in [6.07, 6.45) is 3.04. The maximum absolute atomic E-state index is 12.7. The van der Waals surface area contributed by atoms with Crippen LogP contribution in [0.3, 0.4) is 0 Å². The first-order chi connectivity index (χ1) is 6.64. The van der Waals surface area contributed by atoms with Crippen LogP contribution in [-0.4, -0.2) is 17.5 Å². The Morgan fingerprint density at radius 2 is 2.29 bits per heavy atom. The fraction of sp³-hybridized carbons (Fsp3) is 0.500. The van der Waals surface area contributed by atoms with Crippen LogP contribution in [-0.2, 0) is 11.3 Å². The summed E-state index contributed by atoms with van der Waals surface area (Å²) in [5.41, 5.74) is 0.805. The van der Waals surface area contributed by atoms with Gasteiger partial charge in [0.05, 0.1) is 6.61 Å². The van der Waals surface area contributed by atoms with Gasteiger partial charge in [0.2, 0.25) is 0 Å². The molecule has 1 aromatic rings. The number of nitrogens with zero attached hydrogens (tertiary/aromatic N) is 1. The zero-order chi connectivity index (χ0) is 10.4. The number of rotatable bonds is 5. The van der Waals surface area contributed by atoms with Gasteiger partial charge >= 0.3 is 0 Å². The van der Waals surface area contributed by atoms with Gasteiger partial charge in [0.15, 0.2) is 0 Å². The Labute approximate surface area is 81.9 Å². The Bertz CT molecular complexity index is 264. The van der Waals surface area contributed by atoms with Crippen molar-refractivity contribution in [3.8, 4) is 0 Å². The Morgan fingerprint density at radius 1 is 1.50 bits per heavy atom. The molecule has 0 aliphatic heterocycles. The highest BCUT2D eigenvalue weighted by Crippen LogP contribution is 2.18. The number of halogens is 2. The topological polar surface area (TPSA) is 22.1 Å². The van der Waals surface area contributed by atoms with Crippen molar-refractivity contribution in [2.45, 2.75) is 25.9 Å². The number of hydrogen-bond donors (Lipinski definition) is 0. The van der Waals surface area contributed by atoms with Crippen LogP contribution in [0.4, 0.5) is 8.78 Å². The summed E-state index contributed by atoms with van der Waals surface area (Å²) in [7, 11) is 0. The SMILES string of the molecule is CCC(F)(F)COCc1cccnc1. The molecule has 0 saturated heterocycles. The summed E-state index contributed by atoms with van der Waals surface area (Å²) in [6.45, 7) is 1.09. The fourth-order valence-electron chi connectivity index (χ4n) is 0.904. The van der Waals surface area contributed by atoms with E-state index < -0.39 is 12.5 Å². The van der Waals surface area contributed by atoms with Gasteiger partial charge in [-0.05, 0) is 11.6 Å². The van der Waals surface area contributed by atoms with Crippen LogP contribution < -0.4 is 0 Å². The number of pyridine rings is 1. The molecule has 0 aliphatic rings. The average Bonchev–Trinajstić information content (AvgIpc) is 2.19. The van der Waals surface area contributed by atoms with E-state index in [1.807, 2.05) is 0 Å². The number of alkyl halides is 2. The molecule has 0 bridgehead atoms. The van der Waals surface area contributed by atoms with Gasteiger partial charge in [-0.2, -0.15) is 0 Å². The number of aromatic nitrogens is 1. The van der Waals surface area contributed by atoms with E-state index in [2.05, 4.69) is 4.98 Å². The van der Waals surface area contributed by atoms with Crippen molar-refractivity contribution in [3.63, 3.8) is 0 Å². The van der Waals surface area contributed by atoms with E-state index in [4.69, 9.17) is 4.74 Å². The highest BCUT2D eigenvalue weighted by molar-refractivity contribution is 5.06. The molecule has 14 heavy (non-hydrogen) atoms. The van der Waals surface area contributed by atoms with E-state index in [0.29, 0.717) is 0 Å². The van der Waals surface area contributed by atoms with Crippen molar-refractivity contribution in [2.75, 3.05) is 6.61 Å². The van der Waals surface area contributed by atoms with Crippen LogP contribution in [0.15, 0.2) is 24.5 Å². The fourth-order valence-corrected chi connectivity index (χ4v) is 0.904. The molecule has 0 amide bonds. The van der Waals surface area contributed by atoms with Crippen molar-refractivity contribution < 1.29 is 13.5 Å². The summed E-state index contributed by atoms with van der Waals surface area (Å²) in [5, 5.41) is 0. The lowest BCUT2D eigenvalue weighted by Crippen LogP contribution is -2.22. The molecular weight excluding hydrogens is 188 g/mol. The molecule has 0 fully saturated rings. The normalized spacial score (nSPS) is 11.6. The average molecular weight is 201 g/mol. The smallest absolute Gasteiger partial charge is 0.270 e. The van der Waals surface area contributed by atoms with Crippen molar-refractivity contribution in [1.82, 2.24) is 4.98 Å². The highest BCUT2D eigenvalue weighted by atomic mass is 19.3. The van der Waals surface area contributed by atoms with E-state index in [0.717, 1.165) is 5.56 Å². The second kappa shape index (κ2) is 5.00. The molecule has 1 rings (SSSR count). The van der Waals surface area contributed by atoms with Crippen molar-refractivity contribution in [1.29, 1.82) is 0 Å². The van der Waals surface area contributed by atoms with Gasteiger partial charge in [0.25, 0.3) is 5.92 Å². The van der Waals surface area contributed by atoms with Gasteiger partial charge in [0, 0.05) is 18.8 Å². The Kier molecular flexibility index (Phi) is 3.95. The van der Waals surface area contributed by atoms with Crippen LogP contribution in [0.1, 0.15) is 18.9 Å². The van der Waals surface area contributed by atoms with E-state index in [-0.39, 0.29) is 13.0 Å². The third-order valence-corrected chi connectivity index (χ3v) is 1.82. The van der Waals surface area contributed by atoms with Gasteiger partial charge in [-0.15, -0.1) is 0 Å². The molecule has 0 aliphatic carbocycles. The van der Waals surface area contributed by atoms with E-state index in [1.165, 1.54) is 6.92 Å². The van der Waals surface area contributed by atoms with Crippen molar-refractivity contribution in [3.05, 3.63) is 30.1 Å². The monoisotopic (exact) mass is 201 g/mol. The first kappa shape index (κ1) is 11.0. The minimum atomic E-state index is -2.72. The van der Waals surface area contributed by atoms with Crippen LogP contribution in [0, 0.1) is 0 Å². The first-order valence-corrected chi connectivity index (χ1v) is 4.48. The van der Waals surface area contributed by atoms with Crippen molar-refractivity contribution in [2.24, 2.45) is 0 Å². The summed E-state index contributed by atoms with van der Waals surface area (Å²) in [5.74, 6) is -2.72. The van der Waals surface area contributed by atoms with Crippen molar-refractivity contribution >= 4 is 0 Å². The van der Waals surface area contributed by atoms with Gasteiger partial charge < -0.3 is 4.74 Å². The molecule has 0 unspecified atom stereocenters. The Balaban J connectivity index is 2.29. The third kappa shape index (κ3) is 3.79. The molecular formula is C10H13F2NO. The Morgan fingerprint density at radius 3 is 2.86 bits per heavy atom.